The van der Waals surface area contributed by atoms with E-state index in [2.05, 4.69) is 48.1 Å². The van der Waals surface area contributed by atoms with Gasteiger partial charge in [-0.25, -0.2) is 14.6 Å². The van der Waals surface area contributed by atoms with Crippen LogP contribution in [0.2, 0.25) is 0 Å². The van der Waals surface area contributed by atoms with E-state index >= 15 is 0 Å². The van der Waals surface area contributed by atoms with E-state index in [4.69, 9.17) is 19.8 Å². The van der Waals surface area contributed by atoms with Gasteiger partial charge in [0, 0.05) is 44.8 Å². The second kappa shape index (κ2) is 9.47. The zero-order valence-corrected chi connectivity index (χ0v) is 18.9. The van der Waals surface area contributed by atoms with Crippen LogP contribution in [0.1, 0.15) is 35.1 Å². The maximum Gasteiger partial charge on any atom is 0.183 e. The summed E-state index contributed by atoms with van der Waals surface area (Å²) in [6, 6.07) is 6.32. The molecule has 0 aliphatic carbocycles. The van der Waals surface area contributed by atoms with Gasteiger partial charge in [-0.05, 0) is 37.5 Å². The van der Waals surface area contributed by atoms with Crippen molar-refractivity contribution in [2.45, 2.75) is 39.2 Å². The Bertz CT molecular complexity index is 986. The molecule has 0 spiro atoms. The number of fused-ring (bicyclic) bond motifs is 1. The molecule has 5 rings (SSSR count). The summed E-state index contributed by atoms with van der Waals surface area (Å²) < 4.78 is 9.81. The van der Waals surface area contributed by atoms with Gasteiger partial charge < -0.3 is 14.6 Å². The molecule has 9 heteroatoms. The minimum Gasteiger partial charge on any atom is -0.381 e. The van der Waals surface area contributed by atoms with Crippen LogP contribution in [0.3, 0.4) is 0 Å². The number of benzene rings is 1. The van der Waals surface area contributed by atoms with Gasteiger partial charge in [0.05, 0.1) is 12.3 Å². The van der Waals surface area contributed by atoms with Gasteiger partial charge in [-0.2, -0.15) is 5.10 Å². The van der Waals surface area contributed by atoms with E-state index in [1.807, 2.05) is 4.68 Å². The Balaban J connectivity index is 0.00000128. The van der Waals surface area contributed by atoms with Crippen molar-refractivity contribution in [1.82, 2.24) is 29.6 Å². The van der Waals surface area contributed by atoms with Gasteiger partial charge in [0.1, 0.15) is 11.5 Å². The molecule has 30 heavy (non-hydrogen) atoms. The van der Waals surface area contributed by atoms with E-state index < -0.39 is 0 Å². The smallest absolute Gasteiger partial charge is 0.183 e. The zero-order chi connectivity index (χ0) is 19.1. The van der Waals surface area contributed by atoms with Crippen molar-refractivity contribution in [2.24, 2.45) is 0 Å². The molecule has 1 fully saturated rings. The van der Waals surface area contributed by atoms with Crippen LogP contribution in [0.4, 0.5) is 0 Å². The lowest BCUT2D eigenvalue weighted by Gasteiger charge is -2.10. The summed E-state index contributed by atoms with van der Waals surface area (Å²) in [4.78, 5) is 9.88. The summed E-state index contributed by atoms with van der Waals surface area (Å²) in [6.07, 6.45) is 4.03. The van der Waals surface area contributed by atoms with Gasteiger partial charge in [-0.15, -0.1) is 24.8 Å². The van der Waals surface area contributed by atoms with Crippen LogP contribution in [-0.4, -0.2) is 50.6 Å². The Morgan fingerprint density at radius 2 is 2.00 bits per heavy atom. The molecule has 1 aromatic carbocycles. The Kier molecular flexibility index (Phi) is 7.18. The highest BCUT2D eigenvalue weighted by atomic mass is 35.5. The van der Waals surface area contributed by atoms with Crippen molar-refractivity contribution in [3.05, 3.63) is 47.2 Å². The second-order valence-corrected chi connectivity index (χ2v) is 7.72. The average molecular weight is 451 g/mol. The predicted octanol–water partition coefficient (Wildman–Crippen LogP) is 3.24. The van der Waals surface area contributed by atoms with Crippen LogP contribution in [0.25, 0.3) is 17.2 Å². The van der Waals surface area contributed by atoms with E-state index in [1.165, 1.54) is 11.1 Å². The van der Waals surface area contributed by atoms with E-state index in [0.717, 1.165) is 67.9 Å². The van der Waals surface area contributed by atoms with Gasteiger partial charge in [0.15, 0.2) is 11.6 Å². The molecular weight excluding hydrogens is 423 g/mol. The molecule has 1 atom stereocenters. The highest BCUT2D eigenvalue weighted by Gasteiger charge is 2.26. The lowest BCUT2D eigenvalue weighted by Crippen LogP contribution is -2.17. The first-order valence-electron chi connectivity index (χ1n) is 10.1. The molecule has 1 saturated heterocycles. The summed E-state index contributed by atoms with van der Waals surface area (Å²) in [5, 5.41) is 8.35. The number of nitrogens with zero attached hydrogens (tertiary/aromatic N) is 5. The minimum atomic E-state index is 0. The highest BCUT2D eigenvalue weighted by Crippen LogP contribution is 2.29. The number of nitrogens with one attached hydrogen (secondary N) is 1. The maximum absolute atomic E-state index is 5.58. The number of rotatable bonds is 3. The minimum absolute atomic E-state index is 0. The number of hydrogen-bond acceptors (Lipinski definition) is 5. The molecule has 2 aliphatic heterocycles. The van der Waals surface area contributed by atoms with Crippen molar-refractivity contribution in [3.8, 4) is 17.2 Å². The standard InChI is InChI=1S/C21H26N6O.2ClH/c1-14-4-3-5-18(15(14)2)27-21(24-20(25-27)16-7-11-28-13-16)17-12-26-10-9-22-8-6-19(26)23-17;;/h3-5,12,16,22H,6-11,13H2,1-2H3;2*1H. The normalized spacial score (nSPS) is 18.3. The van der Waals surface area contributed by atoms with Crippen LogP contribution in [0, 0.1) is 13.8 Å². The summed E-state index contributed by atoms with van der Waals surface area (Å²) in [6.45, 7) is 8.62. The van der Waals surface area contributed by atoms with E-state index in [9.17, 15) is 0 Å². The molecule has 3 aromatic rings. The van der Waals surface area contributed by atoms with Crippen LogP contribution in [0.15, 0.2) is 24.4 Å². The third kappa shape index (κ3) is 4.12. The van der Waals surface area contributed by atoms with Crippen molar-refractivity contribution >= 4 is 24.8 Å². The number of hydrogen-bond donors (Lipinski definition) is 1. The molecule has 0 saturated carbocycles. The van der Waals surface area contributed by atoms with Crippen molar-refractivity contribution < 1.29 is 4.74 Å². The summed E-state index contributed by atoms with van der Waals surface area (Å²) >= 11 is 0. The van der Waals surface area contributed by atoms with E-state index in [1.54, 1.807) is 0 Å². The molecule has 0 bridgehead atoms. The van der Waals surface area contributed by atoms with Crippen LogP contribution in [-0.2, 0) is 17.7 Å². The Morgan fingerprint density at radius 3 is 2.80 bits per heavy atom. The summed E-state index contributed by atoms with van der Waals surface area (Å²) in [5.41, 5.74) is 4.43. The van der Waals surface area contributed by atoms with Crippen molar-refractivity contribution in [1.29, 1.82) is 0 Å². The largest absolute Gasteiger partial charge is 0.381 e. The van der Waals surface area contributed by atoms with E-state index in [-0.39, 0.29) is 30.7 Å². The van der Waals surface area contributed by atoms with Crippen LogP contribution in [0.5, 0.6) is 0 Å². The highest BCUT2D eigenvalue weighted by molar-refractivity contribution is 5.85. The molecule has 1 unspecified atom stereocenters. The first kappa shape index (κ1) is 22.7. The molecule has 2 aliphatic rings. The fraction of sp³-hybridized carbons (Fsp3) is 0.476. The number of imidazole rings is 1. The van der Waals surface area contributed by atoms with Gasteiger partial charge in [-0.3, -0.25) is 0 Å². The maximum atomic E-state index is 5.58. The second-order valence-electron chi connectivity index (χ2n) is 7.72. The van der Waals surface area contributed by atoms with Crippen LogP contribution >= 0.6 is 24.8 Å². The lowest BCUT2D eigenvalue weighted by atomic mass is 10.1. The fourth-order valence-electron chi connectivity index (χ4n) is 4.02. The van der Waals surface area contributed by atoms with Gasteiger partial charge >= 0.3 is 0 Å². The molecule has 0 amide bonds. The van der Waals surface area contributed by atoms with E-state index in [0.29, 0.717) is 6.61 Å². The van der Waals surface area contributed by atoms with Gasteiger partial charge in [0.25, 0.3) is 0 Å². The Morgan fingerprint density at radius 1 is 1.13 bits per heavy atom. The topological polar surface area (TPSA) is 69.8 Å². The number of halogens is 2. The van der Waals surface area contributed by atoms with Crippen molar-refractivity contribution in [2.75, 3.05) is 26.3 Å². The Labute approximate surface area is 189 Å². The molecule has 0 radical (unpaired) electrons. The molecule has 1 N–H and O–H groups in total. The number of ether oxygens (including phenoxy) is 1. The molecular formula is C21H28Cl2N6O. The first-order valence-corrected chi connectivity index (χ1v) is 10.1. The molecule has 4 heterocycles. The average Bonchev–Trinajstić information content (AvgIpc) is 3.41. The monoisotopic (exact) mass is 450 g/mol. The third-order valence-electron chi connectivity index (χ3n) is 5.87. The number of aromatic nitrogens is 5. The zero-order valence-electron chi connectivity index (χ0n) is 17.3. The molecule has 162 valence electrons. The predicted molar refractivity (Wildman–Crippen MR) is 121 cm³/mol. The molecule has 2 aromatic heterocycles. The third-order valence-corrected chi connectivity index (χ3v) is 5.87. The molecule has 7 nitrogen and oxygen atoms in total. The summed E-state index contributed by atoms with van der Waals surface area (Å²) in [7, 11) is 0. The quantitative estimate of drug-likeness (QED) is 0.662. The SMILES string of the molecule is Cc1cccc(-n2nc(C3CCOC3)nc2-c2cn3c(n2)CCNCC3)c1C.Cl.Cl. The fourth-order valence-corrected chi connectivity index (χ4v) is 4.02. The van der Waals surface area contributed by atoms with Gasteiger partial charge in [-0.1, -0.05) is 12.1 Å². The van der Waals surface area contributed by atoms with Crippen molar-refractivity contribution in [3.63, 3.8) is 0 Å². The van der Waals surface area contributed by atoms with Crippen LogP contribution < -0.4 is 5.32 Å². The Hall–Kier alpha value is -1.93. The summed E-state index contributed by atoms with van der Waals surface area (Å²) in [5.74, 6) is 3.05. The van der Waals surface area contributed by atoms with Gasteiger partial charge in [0.2, 0.25) is 0 Å². The lowest BCUT2D eigenvalue weighted by molar-refractivity contribution is 0.193. The number of aryl methyl sites for hydroxylation is 1. The first-order chi connectivity index (χ1) is 13.7.